The quantitative estimate of drug-likeness (QED) is 0.729. The molecule has 1 N–H and O–H groups in total. The van der Waals surface area contributed by atoms with E-state index in [4.69, 9.17) is 4.74 Å². The van der Waals surface area contributed by atoms with E-state index in [0.29, 0.717) is 6.04 Å². The maximum atomic E-state index is 5.85. The molecule has 0 bridgehead atoms. The number of fused-ring (bicyclic) bond motifs is 1. The molecule has 2 nitrogen and oxygen atoms in total. The molecule has 20 heavy (non-hydrogen) atoms. The van der Waals surface area contributed by atoms with Crippen LogP contribution in [-0.4, -0.2) is 13.2 Å². The molecule has 1 aromatic rings. The minimum Gasteiger partial charge on any atom is -0.493 e. The predicted octanol–water partition coefficient (Wildman–Crippen LogP) is 5.08. The summed E-state index contributed by atoms with van der Waals surface area (Å²) in [5, 5.41) is 3.72. The number of halogens is 1. The van der Waals surface area contributed by atoms with Crippen molar-refractivity contribution in [3.63, 3.8) is 0 Å². The number of unbranched alkanes of at least 4 members (excludes halogenated alkanes) is 1. The van der Waals surface area contributed by atoms with E-state index in [1.165, 1.54) is 31.2 Å². The van der Waals surface area contributed by atoms with E-state index < -0.39 is 0 Å². The summed E-state index contributed by atoms with van der Waals surface area (Å²) in [4.78, 5) is 0. The fourth-order valence-electron chi connectivity index (χ4n) is 2.71. The zero-order valence-corrected chi connectivity index (χ0v) is 14.2. The Balaban J connectivity index is 1.88. The van der Waals surface area contributed by atoms with Gasteiger partial charge in [0.15, 0.2) is 0 Å². The smallest absolute Gasteiger partial charge is 0.125 e. The van der Waals surface area contributed by atoms with Crippen LogP contribution in [-0.2, 0) is 0 Å². The van der Waals surface area contributed by atoms with E-state index in [0.717, 1.165) is 35.7 Å². The molecule has 0 amide bonds. The molecule has 1 unspecified atom stereocenters. The topological polar surface area (TPSA) is 21.3 Å². The van der Waals surface area contributed by atoms with Crippen LogP contribution in [0.15, 0.2) is 22.7 Å². The van der Waals surface area contributed by atoms with Gasteiger partial charge in [-0.3, -0.25) is 0 Å². The fraction of sp³-hybridized carbons (Fsp3) is 0.647. The van der Waals surface area contributed by atoms with Gasteiger partial charge in [-0.25, -0.2) is 0 Å². The third-order valence-corrected chi connectivity index (χ3v) is 4.34. The SMILES string of the molecule is CC(C)CCCCNC1CCCOc2cc(Br)ccc21. The van der Waals surface area contributed by atoms with Gasteiger partial charge in [-0.05, 0) is 43.9 Å². The van der Waals surface area contributed by atoms with Gasteiger partial charge in [0.25, 0.3) is 0 Å². The Bertz CT molecular complexity index is 419. The number of rotatable bonds is 6. The van der Waals surface area contributed by atoms with Crippen LogP contribution in [0.4, 0.5) is 0 Å². The molecule has 0 aliphatic carbocycles. The highest BCUT2D eigenvalue weighted by Gasteiger charge is 2.19. The molecule has 2 rings (SSSR count). The molecule has 1 aliphatic heterocycles. The third-order valence-electron chi connectivity index (χ3n) is 3.84. The lowest BCUT2D eigenvalue weighted by Crippen LogP contribution is -2.22. The molecular formula is C17H26BrNO. The standard InChI is InChI=1S/C17H26BrNO/c1-13(2)6-3-4-10-19-16-7-5-11-20-17-12-14(18)8-9-15(16)17/h8-9,12-13,16,19H,3-7,10-11H2,1-2H3. The summed E-state index contributed by atoms with van der Waals surface area (Å²) < 4.78 is 6.94. The normalized spacial score (nSPS) is 18.5. The van der Waals surface area contributed by atoms with Crippen molar-refractivity contribution in [3.8, 4) is 5.75 Å². The van der Waals surface area contributed by atoms with Crippen molar-refractivity contribution in [3.05, 3.63) is 28.2 Å². The average Bonchev–Trinajstić information content (AvgIpc) is 2.60. The van der Waals surface area contributed by atoms with Gasteiger partial charge in [-0.15, -0.1) is 0 Å². The summed E-state index contributed by atoms with van der Waals surface area (Å²) in [6, 6.07) is 6.84. The van der Waals surface area contributed by atoms with Crippen molar-refractivity contribution in [1.82, 2.24) is 5.32 Å². The van der Waals surface area contributed by atoms with Gasteiger partial charge in [0, 0.05) is 16.1 Å². The van der Waals surface area contributed by atoms with E-state index in [1.54, 1.807) is 0 Å². The summed E-state index contributed by atoms with van der Waals surface area (Å²) in [6.07, 6.45) is 6.20. The largest absolute Gasteiger partial charge is 0.493 e. The van der Waals surface area contributed by atoms with Gasteiger partial charge >= 0.3 is 0 Å². The summed E-state index contributed by atoms with van der Waals surface area (Å²) in [6.45, 7) is 6.52. The second kappa shape index (κ2) is 8.04. The van der Waals surface area contributed by atoms with Crippen LogP contribution in [0, 0.1) is 5.92 Å². The Morgan fingerprint density at radius 2 is 2.20 bits per heavy atom. The van der Waals surface area contributed by atoms with Crippen molar-refractivity contribution >= 4 is 15.9 Å². The highest BCUT2D eigenvalue weighted by Crippen LogP contribution is 2.33. The van der Waals surface area contributed by atoms with Crippen molar-refractivity contribution < 1.29 is 4.74 Å². The van der Waals surface area contributed by atoms with Crippen LogP contribution in [0.1, 0.15) is 57.6 Å². The van der Waals surface area contributed by atoms with Crippen LogP contribution in [0.25, 0.3) is 0 Å². The Hall–Kier alpha value is -0.540. The van der Waals surface area contributed by atoms with Gasteiger partial charge in [0.2, 0.25) is 0 Å². The minimum absolute atomic E-state index is 0.444. The van der Waals surface area contributed by atoms with Crippen LogP contribution in [0.2, 0.25) is 0 Å². The van der Waals surface area contributed by atoms with Crippen LogP contribution < -0.4 is 10.1 Å². The Morgan fingerprint density at radius 1 is 1.35 bits per heavy atom. The lowest BCUT2D eigenvalue weighted by atomic mass is 10.0. The molecule has 112 valence electrons. The molecule has 0 saturated heterocycles. The molecule has 1 heterocycles. The molecular weight excluding hydrogens is 314 g/mol. The minimum atomic E-state index is 0.444. The second-order valence-electron chi connectivity index (χ2n) is 6.07. The molecule has 0 aromatic heterocycles. The van der Waals surface area contributed by atoms with E-state index in [-0.39, 0.29) is 0 Å². The predicted molar refractivity (Wildman–Crippen MR) is 88.3 cm³/mol. The first-order valence-electron chi connectivity index (χ1n) is 7.82. The zero-order chi connectivity index (χ0) is 14.4. The second-order valence-corrected chi connectivity index (χ2v) is 6.98. The van der Waals surface area contributed by atoms with Crippen molar-refractivity contribution in [2.45, 2.75) is 52.0 Å². The van der Waals surface area contributed by atoms with E-state index in [1.807, 2.05) is 0 Å². The lowest BCUT2D eigenvalue weighted by Gasteiger charge is -2.18. The van der Waals surface area contributed by atoms with Gasteiger partial charge in [0.05, 0.1) is 6.61 Å². The third kappa shape index (κ3) is 4.78. The Kier molecular flexibility index (Phi) is 6.37. The lowest BCUT2D eigenvalue weighted by molar-refractivity contribution is 0.315. The van der Waals surface area contributed by atoms with Crippen molar-refractivity contribution in [2.75, 3.05) is 13.2 Å². The summed E-state index contributed by atoms with van der Waals surface area (Å²) >= 11 is 3.52. The molecule has 0 saturated carbocycles. The van der Waals surface area contributed by atoms with Gasteiger partial charge in [0.1, 0.15) is 5.75 Å². The average molecular weight is 340 g/mol. The molecule has 1 atom stereocenters. The van der Waals surface area contributed by atoms with Gasteiger partial charge in [-0.1, -0.05) is 48.7 Å². The maximum absolute atomic E-state index is 5.85. The highest BCUT2D eigenvalue weighted by atomic mass is 79.9. The molecule has 0 fully saturated rings. The summed E-state index contributed by atoms with van der Waals surface area (Å²) in [7, 11) is 0. The molecule has 0 radical (unpaired) electrons. The maximum Gasteiger partial charge on any atom is 0.125 e. The number of hydrogen-bond donors (Lipinski definition) is 1. The van der Waals surface area contributed by atoms with E-state index in [9.17, 15) is 0 Å². The van der Waals surface area contributed by atoms with Crippen LogP contribution in [0.5, 0.6) is 5.75 Å². The Labute approximate surface area is 131 Å². The van der Waals surface area contributed by atoms with Crippen LogP contribution in [0.3, 0.4) is 0 Å². The first-order valence-corrected chi connectivity index (χ1v) is 8.61. The first kappa shape index (κ1) is 15.8. The number of ether oxygens (including phenoxy) is 1. The summed E-state index contributed by atoms with van der Waals surface area (Å²) in [5.41, 5.74) is 1.31. The number of benzene rings is 1. The monoisotopic (exact) mass is 339 g/mol. The Morgan fingerprint density at radius 3 is 3.00 bits per heavy atom. The van der Waals surface area contributed by atoms with E-state index >= 15 is 0 Å². The first-order chi connectivity index (χ1) is 9.66. The molecule has 0 spiro atoms. The number of nitrogens with one attached hydrogen (secondary N) is 1. The molecule has 1 aromatic carbocycles. The van der Waals surface area contributed by atoms with Gasteiger partial charge in [-0.2, -0.15) is 0 Å². The molecule has 1 aliphatic rings. The molecule has 3 heteroatoms. The summed E-state index contributed by atoms with van der Waals surface area (Å²) in [5.74, 6) is 1.86. The van der Waals surface area contributed by atoms with Crippen molar-refractivity contribution in [2.24, 2.45) is 5.92 Å². The van der Waals surface area contributed by atoms with Crippen LogP contribution >= 0.6 is 15.9 Å². The van der Waals surface area contributed by atoms with E-state index in [2.05, 4.69) is 53.3 Å². The van der Waals surface area contributed by atoms with Crippen molar-refractivity contribution in [1.29, 1.82) is 0 Å². The fourth-order valence-corrected chi connectivity index (χ4v) is 3.05. The van der Waals surface area contributed by atoms with Gasteiger partial charge < -0.3 is 10.1 Å². The number of hydrogen-bond acceptors (Lipinski definition) is 2. The highest BCUT2D eigenvalue weighted by molar-refractivity contribution is 9.10. The zero-order valence-electron chi connectivity index (χ0n) is 12.6.